The lowest BCUT2D eigenvalue weighted by molar-refractivity contribution is -0.140. The molecule has 1 aromatic rings. The molecule has 1 N–H and O–H groups in total. The van der Waals surface area contributed by atoms with E-state index in [0.29, 0.717) is 6.54 Å². The zero-order valence-electron chi connectivity index (χ0n) is 12.1. The zero-order chi connectivity index (χ0) is 14.8. The summed E-state index contributed by atoms with van der Waals surface area (Å²) >= 11 is 0. The van der Waals surface area contributed by atoms with Crippen LogP contribution in [0.25, 0.3) is 0 Å². The minimum atomic E-state index is -0.831. The lowest BCUT2D eigenvalue weighted by Crippen LogP contribution is -2.41. The van der Waals surface area contributed by atoms with E-state index in [1.807, 2.05) is 17.0 Å². The maximum Gasteiger partial charge on any atom is 0.305 e. The van der Waals surface area contributed by atoms with Crippen LogP contribution < -0.4 is 0 Å². The van der Waals surface area contributed by atoms with Crippen molar-refractivity contribution in [3.8, 4) is 0 Å². The number of aliphatic carboxylic acids is 1. The van der Waals surface area contributed by atoms with Crippen LogP contribution in [0.5, 0.6) is 0 Å². The monoisotopic (exact) mass is 287 g/mol. The lowest BCUT2D eigenvalue weighted by Gasteiger charge is -2.30. The molecule has 1 saturated carbocycles. The zero-order valence-corrected chi connectivity index (χ0v) is 12.1. The van der Waals surface area contributed by atoms with Gasteiger partial charge >= 0.3 is 5.97 Å². The van der Waals surface area contributed by atoms with Gasteiger partial charge in [-0.3, -0.25) is 9.59 Å². The molecule has 4 nitrogen and oxygen atoms in total. The highest BCUT2D eigenvalue weighted by Gasteiger charge is 2.36. The number of rotatable bonds is 5. The second-order valence-electron chi connectivity index (χ2n) is 6.11. The van der Waals surface area contributed by atoms with Gasteiger partial charge in [0.25, 0.3) is 0 Å². The first-order valence-electron chi connectivity index (χ1n) is 7.74. The highest BCUT2D eigenvalue weighted by atomic mass is 16.4. The van der Waals surface area contributed by atoms with Crippen molar-refractivity contribution in [2.75, 3.05) is 6.54 Å². The van der Waals surface area contributed by atoms with Gasteiger partial charge < -0.3 is 10.0 Å². The minimum absolute atomic E-state index is 0.0225. The highest BCUT2D eigenvalue weighted by Crippen LogP contribution is 2.32. The van der Waals surface area contributed by atoms with E-state index < -0.39 is 5.97 Å². The van der Waals surface area contributed by atoms with Gasteiger partial charge in [-0.05, 0) is 43.2 Å². The normalized spacial score (nSPS) is 20.7. The molecular weight excluding hydrogens is 266 g/mol. The van der Waals surface area contributed by atoms with Crippen LogP contribution in [0, 0.1) is 5.92 Å². The first kappa shape index (κ1) is 14.1. The summed E-state index contributed by atoms with van der Waals surface area (Å²) in [6.07, 6.45) is 4.72. The summed E-state index contributed by atoms with van der Waals surface area (Å²) in [4.78, 5) is 25.3. The molecule has 0 spiro atoms. The van der Waals surface area contributed by atoms with Crippen molar-refractivity contribution in [3.63, 3.8) is 0 Å². The van der Waals surface area contributed by atoms with Gasteiger partial charge in [0.15, 0.2) is 0 Å². The third kappa shape index (κ3) is 3.26. The largest absolute Gasteiger partial charge is 0.481 e. The smallest absolute Gasteiger partial charge is 0.305 e. The summed E-state index contributed by atoms with van der Waals surface area (Å²) < 4.78 is 0. The average molecular weight is 287 g/mol. The van der Waals surface area contributed by atoms with Gasteiger partial charge in [0.2, 0.25) is 5.91 Å². The highest BCUT2D eigenvalue weighted by molar-refractivity contribution is 5.80. The van der Waals surface area contributed by atoms with Gasteiger partial charge in [0, 0.05) is 18.5 Å². The number of carboxylic acids is 1. The second kappa shape index (κ2) is 5.88. The van der Waals surface area contributed by atoms with Crippen molar-refractivity contribution in [1.82, 2.24) is 4.90 Å². The molecule has 21 heavy (non-hydrogen) atoms. The average Bonchev–Trinajstić information content (AvgIpc) is 3.31. The summed E-state index contributed by atoms with van der Waals surface area (Å²) in [7, 11) is 0. The first-order valence-corrected chi connectivity index (χ1v) is 7.74. The van der Waals surface area contributed by atoms with Crippen LogP contribution in [0.4, 0.5) is 0 Å². The van der Waals surface area contributed by atoms with E-state index >= 15 is 0 Å². The van der Waals surface area contributed by atoms with Crippen LogP contribution in [-0.4, -0.2) is 34.5 Å². The molecule has 0 heterocycles. The molecule has 0 aliphatic heterocycles. The van der Waals surface area contributed by atoms with Crippen molar-refractivity contribution < 1.29 is 14.7 Å². The molecule has 0 aromatic heterocycles. The summed E-state index contributed by atoms with van der Waals surface area (Å²) in [5, 5.41) is 8.85. The van der Waals surface area contributed by atoms with Crippen LogP contribution in [-0.2, 0) is 22.4 Å². The second-order valence-corrected chi connectivity index (χ2v) is 6.11. The Labute approximate surface area is 124 Å². The van der Waals surface area contributed by atoms with Crippen molar-refractivity contribution in [2.24, 2.45) is 5.92 Å². The molecule has 2 aliphatic rings. The Balaban J connectivity index is 1.68. The Kier molecular flexibility index (Phi) is 3.95. The molecule has 3 rings (SSSR count). The van der Waals surface area contributed by atoms with E-state index in [9.17, 15) is 9.59 Å². The molecule has 1 fully saturated rings. The van der Waals surface area contributed by atoms with Crippen molar-refractivity contribution in [1.29, 1.82) is 0 Å². The molecule has 0 saturated heterocycles. The number of hydrogen-bond donors (Lipinski definition) is 1. The van der Waals surface area contributed by atoms with E-state index in [2.05, 4.69) is 12.1 Å². The standard InChI is InChI=1S/C17H21NO3/c19-16(20)9-10-18(15-7-8-15)17(21)14-6-5-12-3-1-2-4-13(12)11-14/h1-4,14-15H,5-11H2,(H,19,20). The summed E-state index contributed by atoms with van der Waals surface area (Å²) in [6.45, 7) is 0.358. The van der Waals surface area contributed by atoms with Gasteiger partial charge in [0.1, 0.15) is 0 Å². The summed E-state index contributed by atoms with van der Waals surface area (Å²) in [5.41, 5.74) is 2.63. The molecule has 2 aliphatic carbocycles. The van der Waals surface area contributed by atoms with Crippen LogP contribution in [0.2, 0.25) is 0 Å². The SMILES string of the molecule is O=C(O)CCN(C(=O)C1CCc2ccccc2C1)C1CC1. The molecule has 1 aromatic carbocycles. The van der Waals surface area contributed by atoms with E-state index in [4.69, 9.17) is 5.11 Å². The topological polar surface area (TPSA) is 57.6 Å². The lowest BCUT2D eigenvalue weighted by atomic mass is 9.83. The molecular formula is C17H21NO3. The Bertz CT molecular complexity index is 551. The van der Waals surface area contributed by atoms with Gasteiger partial charge in [0.05, 0.1) is 6.42 Å². The fourth-order valence-corrected chi connectivity index (χ4v) is 3.22. The van der Waals surface area contributed by atoms with E-state index in [0.717, 1.165) is 32.1 Å². The summed E-state index contributed by atoms with van der Waals surface area (Å²) in [6, 6.07) is 8.60. The fourth-order valence-electron chi connectivity index (χ4n) is 3.22. The number of amides is 1. The van der Waals surface area contributed by atoms with E-state index in [-0.39, 0.29) is 24.3 Å². The number of fused-ring (bicyclic) bond motifs is 1. The number of carboxylic acid groups (broad SMARTS) is 1. The van der Waals surface area contributed by atoms with Gasteiger partial charge in [-0.15, -0.1) is 0 Å². The molecule has 0 radical (unpaired) electrons. The fraction of sp³-hybridized carbons (Fsp3) is 0.529. The quantitative estimate of drug-likeness (QED) is 0.903. The maximum atomic E-state index is 12.7. The number of carbonyl (C=O) groups is 2. The van der Waals surface area contributed by atoms with Gasteiger partial charge in [-0.25, -0.2) is 0 Å². The predicted molar refractivity (Wildman–Crippen MR) is 78.9 cm³/mol. The van der Waals surface area contributed by atoms with E-state index in [1.165, 1.54) is 11.1 Å². The van der Waals surface area contributed by atoms with Gasteiger partial charge in [-0.1, -0.05) is 24.3 Å². The number of benzene rings is 1. The Morgan fingerprint density at radius 3 is 2.52 bits per heavy atom. The third-order valence-electron chi connectivity index (χ3n) is 4.53. The number of hydrogen-bond acceptors (Lipinski definition) is 2. The van der Waals surface area contributed by atoms with Gasteiger partial charge in [-0.2, -0.15) is 0 Å². The predicted octanol–water partition coefficient (Wildman–Crippen LogP) is 2.26. The van der Waals surface area contributed by atoms with Crippen LogP contribution in [0.1, 0.15) is 36.8 Å². The minimum Gasteiger partial charge on any atom is -0.481 e. The number of aryl methyl sites for hydroxylation is 1. The van der Waals surface area contributed by atoms with Crippen molar-refractivity contribution in [2.45, 2.75) is 44.6 Å². The Morgan fingerprint density at radius 1 is 1.14 bits per heavy atom. The molecule has 0 bridgehead atoms. The van der Waals surface area contributed by atoms with Crippen LogP contribution in [0.15, 0.2) is 24.3 Å². The Hall–Kier alpha value is -1.84. The number of carbonyl (C=O) groups excluding carboxylic acids is 1. The van der Waals surface area contributed by atoms with Crippen LogP contribution in [0.3, 0.4) is 0 Å². The third-order valence-corrected chi connectivity index (χ3v) is 4.53. The Morgan fingerprint density at radius 2 is 1.86 bits per heavy atom. The number of nitrogens with zero attached hydrogens (tertiary/aromatic N) is 1. The van der Waals surface area contributed by atoms with E-state index in [1.54, 1.807) is 0 Å². The summed E-state index contributed by atoms with van der Waals surface area (Å²) in [5.74, 6) is -0.648. The molecule has 1 amide bonds. The van der Waals surface area contributed by atoms with Crippen LogP contribution >= 0.6 is 0 Å². The van der Waals surface area contributed by atoms with Crippen molar-refractivity contribution in [3.05, 3.63) is 35.4 Å². The molecule has 1 atom stereocenters. The molecule has 4 heteroatoms. The molecule has 1 unspecified atom stereocenters. The van der Waals surface area contributed by atoms with Crippen molar-refractivity contribution >= 4 is 11.9 Å². The first-order chi connectivity index (χ1) is 10.1. The molecule has 112 valence electrons. The maximum absolute atomic E-state index is 12.7.